The van der Waals surface area contributed by atoms with E-state index in [4.69, 9.17) is 21.3 Å². The lowest BCUT2D eigenvalue weighted by Crippen LogP contribution is -2.17. The minimum atomic E-state index is 0.0975. The van der Waals surface area contributed by atoms with Crippen LogP contribution >= 0.6 is 11.6 Å². The third kappa shape index (κ3) is 2.83. The number of aromatic nitrogens is 7. The van der Waals surface area contributed by atoms with Crippen LogP contribution in [0, 0.1) is 0 Å². The molecule has 4 heterocycles. The minimum absolute atomic E-state index is 0.0975. The second-order valence-corrected chi connectivity index (χ2v) is 7.16. The van der Waals surface area contributed by atoms with Gasteiger partial charge in [0.25, 0.3) is 0 Å². The van der Waals surface area contributed by atoms with Crippen LogP contribution in [0.3, 0.4) is 0 Å². The van der Waals surface area contributed by atoms with E-state index in [0.29, 0.717) is 16.7 Å². The zero-order valence-electron chi connectivity index (χ0n) is 16.3. The Hall–Kier alpha value is -2.91. The summed E-state index contributed by atoms with van der Waals surface area (Å²) in [6.07, 6.45) is 5.29. The van der Waals surface area contributed by atoms with Gasteiger partial charge in [0.2, 0.25) is 5.88 Å². The Balaban J connectivity index is 2.00. The van der Waals surface area contributed by atoms with Gasteiger partial charge in [-0.25, -0.2) is 15.0 Å². The molecule has 0 amide bonds. The first-order chi connectivity index (χ1) is 13.4. The molecule has 4 aromatic heterocycles. The highest BCUT2D eigenvalue weighted by molar-refractivity contribution is 6.32. The number of nitrogens with one attached hydrogen (secondary N) is 1. The number of hydrogen-bond donors (Lipinski definition) is 1. The van der Waals surface area contributed by atoms with Crippen molar-refractivity contribution in [3.05, 3.63) is 35.6 Å². The number of ether oxygens (including phenoxy) is 1. The first-order valence-electron chi connectivity index (χ1n) is 8.72. The number of H-pyrrole nitrogens is 1. The van der Waals surface area contributed by atoms with Crippen molar-refractivity contribution in [2.75, 3.05) is 21.2 Å². The predicted octanol–water partition coefficient (Wildman–Crippen LogP) is 2.83. The summed E-state index contributed by atoms with van der Waals surface area (Å²) >= 11 is 6.33. The molecular weight excluding hydrogens is 380 g/mol. The third-order valence-corrected chi connectivity index (χ3v) is 5.18. The number of hydrogen-bond acceptors (Lipinski definition) is 6. The van der Waals surface area contributed by atoms with Crippen molar-refractivity contribution >= 4 is 22.6 Å². The van der Waals surface area contributed by atoms with Crippen LogP contribution in [0.5, 0.6) is 5.88 Å². The molecule has 28 heavy (non-hydrogen) atoms. The molecule has 0 aliphatic carbocycles. The highest BCUT2D eigenvalue weighted by Crippen LogP contribution is 2.37. The predicted molar refractivity (Wildman–Crippen MR) is 107 cm³/mol. The van der Waals surface area contributed by atoms with Gasteiger partial charge in [-0.05, 0) is 27.1 Å². The molecule has 146 valence electrons. The first kappa shape index (κ1) is 18.5. The molecule has 0 aromatic carbocycles. The molecule has 0 saturated carbocycles. The fourth-order valence-electron chi connectivity index (χ4n) is 3.13. The van der Waals surface area contributed by atoms with Gasteiger partial charge in [0, 0.05) is 19.4 Å². The van der Waals surface area contributed by atoms with Gasteiger partial charge in [-0.3, -0.25) is 10.00 Å². The van der Waals surface area contributed by atoms with E-state index < -0.39 is 0 Å². The van der Waals surface area contributed by atoms with Crippen molar-refractivity contribution in [3.63, 3.8) is 0 Å². The van der Waals surface area contributed by atoms with E-state index in [1.165, 1.54) is 0 Å². The molecule has 0 aliphatic rings. The minimum Gasteiger partial charge on any atom is -0.480 e. The Morgan fingerprint density at radius 2 is 2.07 bits per heavy atom. The maximum atomic E-state index is 6.33. The lowest BCUT2D eigenvalue weighted by Gasteiger charge is -2.16. The Morgan fingerprint density at radius 1 is 1.29 bits per heavy atom. The average Bonchev–Trinajstić information content (AvgIpc) is 3.40. The Labute approximate surface area is 166 Å². The SMILES string of the molecule is COc1nc2c(-n3ccnc3)c(-c3n[nH]c(C(C)N(C)C)n3)n(C)c2cc1Cl. The summed E-state index contributed by atoms with van der Waals surface area (Å²) in [5, 5.41) is 7.96. The quantitative estimate of drug-likeness (QED) is 0.554. The molecule has 0 aliphatic heterocycles. The number of fused-ring (bicyclic) bond motifs is 1. The van der Waals surface area contributed by atoms with Gasteiger partial charge in [-0.2, -0.15) is 5.10 Å². The third-order valence-electron chi connectivity index (χ3n) is 4.91. The van der Waals surface area contributed by atoms with Crippen molar-refractivity contribution in [1.82, 2.24) is 39.2 Å². The molecule has 0 saturated heterocycles. The highest BCUT2D eigenvalue weighted by atomic mass is 35.5. The molecular formula is C18H21ClN8O. The Kier molecular flexibility index (Phi) is 4.56. The van der Waals surface area contributed by atoms with Gasteiger partial charge < -0.3 is 13.9 Å². The standard InChI is InChI=1S/C18H21ClN8O/c1-10(25(2)3)16-22-17(24-23-16)15-14(27-7-6-20-9-27)13-12(26(15)4)8-11(19)18(21-13)28-5/h6-10H,1-5H3,(H,22,23,24). The summed E-state index contributed by atoms with van der Waals surface area (Å²) in [5.74, 6) is 1.72. The van der Waals surface area contributed by atoms with Crippen molar-refractivity contribution < 1.29 is 4.74 Å². The number of nitrogens with zero attached hydrogens (tertiary/aromatic N) is 7. The van der Waals surface area contributed by atoms with Crippen LogP contribution in [0.1, 0.15) is 18.8 Å². The summed E-state index contributed by atoms with van der Waals surface area (Å²) in [6.45, 7) is 2.06. The van der Waals surface area contributed by atoms with E-state index in [2.05, 4.69) is 32.0 Å². The molecule has 0 bridgehead atoms. The van der Waals surface area contributed by atoms with Gasteiger partial charge in [-0.1, -0.05) is 11.6 Å². The summed E-state index contributed by atoms with van der Waals surface area (Å²) < 4.78 is 9.20. The summed E-state index contributed by atoms with van der Waals surface area (Å²) in [5.41, 5.74) is 3.19. The Bertz CT molecular complexity index is 1130. The molecule has 1 atom stereocenters. The maximum absolute atomic E-state index is 6.33. The van der Waals surface area contributed by atoms with Crippen LogP contribution in [0.4, 0.5) is 0 Å². The van der Waals surface area contributed by atoms with Crippen LogP contribution in [0.2, 0.25) is 5.02 Å². The molecule has 9 nitrogen and oxygen atoms in total. The van der Waals surface area contributed by atoms with E-state index in [0.717, 1.165) is 28.2 Å². The molecule has 10 heteroatoms. The Morgan fingerprint density at radius 3 is 2.71 bits per heavy atom. The molecule has 4 rings (SSSR count). The maximum Gasteiger partial charge on any atom is 0.233 e. The van der Waals surface area contributed by atoms with Gasteiger partial charge >= 0.3 is 0 Å². The lowest BCUT2D eigenvalue weighted by molar-refractivity contribution is 0.309. The monoisotopic (exact) mass is 400 g/mol. The van der Waals surface area contributed by atoms with E-state index in [-0.39, 0.29) is 6.04 Å². The van der Waals surface area contributed by atoms with Crippen LogP contribution in [-0.2, 0) is 7.05 Å². The van der Waals surface area contributed by atoms with Gasteiger partial charge in [0.05, 0.1) is 25.0 Å². The molecule has 4 aromatic rings. The first-order valence-corrected chi connectivity index (χ1v) is 9.10. The number of halogens is 1. The van der Waals surface area contributed by atoms with Crippen LogP contribution in [-0.4, -0.2) is 60.4 Å². The normalized spacial score (nSPS) is 12.8. The van der Waals surface area contributed by atoms with Gasteiger partial charge in [0.1, 0.15) is 27.7 Å². The molecule has 1 N–H and O–H groups in total. The van der Waals surface area contributed by atoms with Crippen molar-refractivity contribution in [2.24, 2.45) is 7.05 Å². The summed E-state index contributed by atoms with van der Waals surface area (Å²) in [6, 6.07) is 1.93. The van der Waals surface area contributed by atoms with Crippen LogP contribution < -0.4 is 4.74 Å². The number of imidazole rings is 1. The largest absolute Gasteiger partial charge is 0.480 e. The second-order valence-electron chi connectivity index (χ2n) is 6.76. The van der Waals surface area contributed by atoms with Crippen LogP contribution in [0.15, 0.2) is 24.8 Å². The second kappa shape index (κ2) is 6.92. The van der Waals surface area contributed by atoms with E-state index >= 15 is 0 Å². The van der Waals surface area contributed by atoms with E-state index in [1.807, 2.05) is 42.5 Å². The number of rotatable bonds is 5. The zero-order chi connectivity index (χ0) is 20.0. The summed E-state index contributed by atoms with van der Waals surface area (Å²) in [4.78, 5) is 15.6. The van der Waals surface area contributed by atoms with Crippen molar-refractivity contribution in [1.29, 1.82) is 0 Å². The molecule has 0 fully saturated rings. The zero-order valence-corrected chi connectivity index (χ0v) is 17.1. The average molecular weight is 401 g/mol. The molecule has 0 spiro atoms. The van der Waals surface area contributed by atoms with Gasteiger partial charge in [-0.15, -0.1) is 0 Å². The number of pyridine rings is 1. The number of aromatic amines is 1. The van der Waals surface area contributed by atoms with Crippen molar-refractivity contribution in [3.8, 4) is 23.1 Å². The number of aryl methyl sites for hydroxylation is 1. The molecule has 1 unspecified atom stereocenters. The molecule has 0 radical (unpaired) electrons. The van der Waals surface area contributed by atoms with E-state index in [9.17, 15) is 0 Å². The van der Waals surface area contributed by atoms with E-state index in [1.54, 1.807) is 19.6 Å². The lowest BCUT2D eigenvalue weighted by atomic mass is 10.3. The summed E-state index contributed by atoms with van der Waals surface area (Å²) in [7, 11) is 7.48. The highest BCUT2D eigenvalue weighted by Gasteiger charge is 2.25. The fraction of sp³-hybridized carbons (Fsp3) is 0.333. The fourth-order valence-corrected chi connectivity index (χ4v) is 3.35. The van der Waals surface area contributed by atoms with Crippen molar-refractivity contribution in [2.45, 2.75) is 13.0 Å². The number of methoxy groups -OCH3 is 1. The van der Waals surface area contributed by atoms with Gasteiger partial charge in [0.15, 0.2) is 5.82 Å². The topological polar surface area (TPSA) is 89.7 Å². The smallest absolute Gasteiger partial charge is 0.233 e. The van der Waals surface area contributed by atoms with Crippen LogP contribution in [0.25, 0.3) is 28.2 Å².